The van der Waals surface area contributed by atoms with Gasteiger partial charge in [0, 0.05) is 12.6 Å². The number of piperidine rings is 1. The summed E-state index contributed by atoms with van der Waals surface area (Å²) < 4.78 is 0. The fraction of sp³-hybridized carbons (Fsp3) is 1.00. The van der Waals surface area contributed by atoms with E-state index in [0.717, 1.165) is 17.9 Å². The van der Waals surface area contributed by atoms with E-state index in [-0.39, 0.29) is 0 Å². The Morgan fingerprint density at radius 2 is 2.06 bits per heavy atom. The molecule has 1 heterocycles. The first-order valence-electron chi connectivity index (χ1n) is 7.88. The van der Waals surface area contributed by atoms with Gasteiger partial charge in [0.2, 0.25) is 0 Å². The van der Waals surface area contributed by atoms with Gasteiger partial charge in [-0.1, -0.05) is 20.8 Å². The zero-order valence-corrected chi connectivity index (χ0v) is 12.8. The number of nitrogens with zero attached hydrogens (tertiary/aromatic N) is 1. The maximum absolute atomic E-state index is 3.87. The average molecular weight is 252 g/mol. The van der Waals surface area contributed by atoms with Crippen molar-refractivity contribution in [2.45, 2.75) is 58.9 Å². The summed E-state index contributed by atoms with van der Waals surface area (Å²) in [6.07, 6.45) is 6.95. The molecule has 0 spiro atoms. The van der Waals surface area contributed by atoms with Crippen LogP contribution in [0.1, 0.15) is 52.9 Å². The molecule has 106 valence electrons. The van der Waals surface area contributed by atoms with Gasteiger partial charge in [0.25, 0.3) is 0 Å². The normalized spacial score (nSPS) is 37.7. The molecule has 2 rings (SSSR count). The van der Waals surface area contributed by atoms with E-state index in [1.165, 1.54) is 51.7 Å². The Balaban J connectivity index is 1.73. The van der Waals surface area contributed by atoms with E-state index in [0.29, 0.717) is 5.41 Å². The van der Waals surface area contributed by atoms with Crippen LogP contribution in [-0.4, -0.2) is 37.6 Å². The summed E-state index contributed by atoms with van der Waals surface area (Å²) >= 11 is 0. The van der Waals surface area contributed by atoms with E-state index >= 15 is 0 Å². The highest BCUT2D eigenvalue weighted by Gasteiger charge is 2.32. The summed E-state index contributed by atoms with van der Waals surface area (Å²) in [5, 5.41) is 3.87. The fourth-order valence-electron chi connectivity index (χ4n) is 4.01. The lowest BCUT2D eigenvalue weighted by atomic mass is 9.70. The highest BCUT2D eigenvalue weighted by molar-refractivity contribution is 4.87. The molecule has 0 aromatic rings. The fourth-order valence-corrected chi connectivity index (χ4v) is 4.01. The van der Waals surface area contributed by atoms with Crippen LogP contribution >= 0.6 is 0 Å². The van der Waals surface area contributed by atoms with Crippen LogP contribution in [0, 0.1) is 17.3 Å². The van der Waals surface area contributed by atoms with Gasteiger partial charge in [0.15, 0.2) is 0 Å². The molecule has 2 nitrogen and oxygen atoms in total. The number of hydrogen-bond donors (Lipinski definition) is 1. The van der Waals surface area contributed by atoms with Crippen LogP contribution in [0.15, 0.2) is 0 Å². The summed E-state index contributed by atoms with van der Waals surface area (Å²) in [6.45, 7) is 11.1. The second kappa shape index (κ2) is 5.92. The van der Waals surface area contributed by atoms with Crippen molar-refractivity contribution in [2.75, 3.05) is 26.7 Å². The van der Waals surface area contributed by atoms with E-state index < -0.39 is 0 Å². The maximum atomic E-state index is 3.87. The number of rotatable bonds is 3. The van der Waals surface area contributed by atoms with E-state index in [2.05, 4.69) is 38.0 Å². The Morgan fingerprint density at radius 3 is 2.72 bits per heavy atom. The minimum atomic E-state index is 0.572. The van der Waals surface area contributed by atoms with Crippen LogP contribution in [0.5, 0.6) is 0 Å². The Labute approximate surface area is 114 Å². The zero-order chi connectivity index (χ0) is 13.2. The van der Waals surface area contributed by atoms with Crippen molar-refractivity contribution in [1.29, 1.82) is 0 Å². The Hall–Kier alpha value is -0.0800. The number of hydrogen-bond acceptors (Lipinski definition) is 2. The summed E-state index contributed by atoms with van der Waals surface area (Å²) in [7, 11) is 2.26. The lowest BCUT2D eigenvalue weighted by molar-refractivity contribution is 0.137. The molecule has 0 amide bonds. The van der Waals surface area contributed by atoms with Crippen LogP contribution in [0.4, 0.5) is 0 Å². The van der Waals surface area contributed by atoms with Gasteiger partial charge in [-0.15, -0.1) is 0 Å². The first-order valence-corrected chi connectivity index (χ1v) is 7.88. The molecule has 1 aliphatic heterocycles. The van der Waals surface area contributed by atoms with Crippen LogP contribution in [-0.2, 0) is 0 Å². The molecule has 2 heteroatoms. The van der Waals surface area contributed by atoms with Crippen molar-refractivity contribution in [3.8, 4) is 0 Å². The third kappa shape index (κ3) is 3.96. The predicted molar refractivity (Wildman–Crippen MR) is 78.8 cm³/mol. The summed E-state index contributed by atoms with van der Waals surface area (Å²) in [5.41, 5.74) is 0.572. The van der Waals surface area contributed by atoms with Crippen molar-refractivity contribution in [3.63, 3.8) is 0 Å². The van der Waals surface area contributed by atoms with Crippen molar-refractivity contribution >= 4 is 0 Å². The summed E-state index contributed by atoms with van der Waals surface area (Å²) in [6, 6.07) is 0.769. The van der Waals surface area contributed by atoms with Crippen LogP contribution in [0.2, 0.25) is 0 Å². The highest BCUT2D eigenvalue weighted by Crippen LogP contribution is 2.38. The van der Waals surface area contributed by atoms with Crippen LogP contribution in [0.25, 0.3) is 0 Å². The minimum absolute atomic E-state index is 0.572. The molecule has 0 aromatic heterocycles. The van der Waals surface area contributed by atoms with Gasteiger partial charge in [-0.3, -0.25) is 0 Å². The van der Waals surface area contributed by atoms with E-state index in [1.807, 2.05) is 0 Å². The molecule has 3 atom stereocenters. The van der Waals surface area contributed by atoms with Gasteiger partial charge in [-0.05, 0) is 69.5 Å². The van der Waals surface area contributed by atoms with Gasteiger partial charge in [-0.25, -0.2) is 0 Å². The second-order valence-electron chi connectivity index (χ2n) is 7.67. The van der Waals surface area contributed by atoms with Crippen molar-refractivity contribution in [3.05, 3.63) is 0 Å². The van der Waals surface area contributed by atoms with Crippen LogP contribution < -0.4 is 5.32 Å². The smallest absolute Gasteiger partial charge is 0.00932 e. The summed E-state index contributed by atoms with van der Waals surface area (Å²) in [4.78, 5) is 2.49. The monoisotopic (exact) mass is 252 g/mol. The van der Waals surface area contributed by atoms with Crippen molar-refractivity contribution < 1.29 is 0 Å². The first-order chi connectivity index (χ1) is 8.46. The van der Waals surface area contributed by atoms with E-state index in [4.69, 9.17) is 0 Å². The number of likely N-dealkylation sites (tertiary alicyclic amines) is 1. The molecule has 3 unspecified atom stereocenters. The maximum Gasteiger partial charge on any atom is 0.00932 e. The second-order valence-corrected chi connectivity index (χ2v) is 7.67. The topological polar surface area (TPSA) is 15.3 Å². The van der Waals surface area contributed by atoms with Gasteiger partial charge >= 0.3 is 0 Å². The molecule has 1 aliphatic carbocycles. The van der Waals surface area contributed by atoms with Gasteiger partial charge in [0.05, 0.1) is 0 Å². The first kappa shape index (κ1) is 14.3. The molecular weight excluding hydrogens is 220 g/mol. The molecule has 1 N–H and O–H groups in total. The molecule has 2 aliphatic rings. The predicted octanol–water partition coefficient (Wildman–Crippen LogP) is 3.13. The lowest BCUT2D eigenvalue weighted by Gasteiger charge is -2.40. The largest absolute Gasteiger partial charge is 0.313 e. The molecule has 18 heavy (non-hydrogen) atoms. The SMILES string of the molecule is CC1CC(C)(C)CCC1NCC1CCCN(C)C1. The van der Waals surface area contributed by atoms with Crippen molar-refractivity contribution in [1.82, 2.24) is 10.2 Å². The molecule has 1 saturated carbocycles. The Kier molecular flexibility index (Phi) is 4.71. The molecule has 0 bridgehead atoms. The van der Waals surface area contributed by atoms with Crippen molar-refractivity contribution in [2.24, 2.45) is 17.3 Å². The molecule has 1 saturated heterocycles. The van der Waals surface area contributed by atoms with Gasteiger partial charge in [-0.2, -0.15) is 0 Å². The molecule has 2 fully saturated rings. The van der Waals surface area contributed by atoms with E-state index in [9.17, 15) is 0 Å². The molecule has 0 aromatic carbocycles. The van der Waals surface area contributed by atoms with Gasteiger partial charge < -0.3 is 10.2 Å². The third-order valence-electron chi connectivity index (χ3n) is 5.08. The Bertz CT molecular complexity index is 262. The average Bonchev–Trinajstić information content (AvgIpc) is 2.27. The third-order valence-corrected chi connectivity index (χ3v) is 5.08. The zero-order valence-electron chi connectivity index (χ0n) is 12.8. The van der Waals surface area contributed by atoms with E-state index in [1.54, 1.807) is 0 Å². The van der Waals surface area contributed by atoms with Gasteiger partial charge in [0.1, 0.15) is 0 Å². The number of nitrogens with one attached hydrogen (secondary N) is 1. The summed E-state index contributed by atoms with van der Waals surface area (Å²) in [5.74, 6) is 1.72. The molecular formula is C16H32N2. The highest BCUT2D eigenvalue weighted by atomic mass is 15.1. The standard InChI is InChI=1S/C16H32N2/c1-13-10-16(2,3)8-7-15(13)17-11-14-6-5-9-18(4)12-14/h13-15,17H,5-12H2,1-4H3. The molecule has 0 radical (unpaired) electrons. The Morgan fingerprint density at radius 1 is 1.28 bits per heavy atom. The van der Waals surface area contributed by atoms with Crippen LogP contribution in [0.3, 0.4) is 0 Å². The lowest BCUT2D eigenvalue weighted by Crippen LogP contribution is -2.45. The quantitative estimate of drug-likeness (QED) is 0.830. The minimum Gasteiger partial charge on any atom is -0.313 e.